The maximum Gasteiger partial charge on any atom is 0.255 e. The summed E-state index contributed by atoms with van der Waals surface area (Å²) in [6.45, 7) is 1.44. The van der Waals surface area contributed by atoms with Crippen LogP contribution < -0.4 is 10.6 Å². The van der Waals surface area contributed by atoms with Crippen LogP contribution in [-0.4, -0.2) is 16.8 Å². The van der Waals surface area contributed by atoms with Gasteiger partial charge in [0.05, 0.1) is 10.2 Å². The SMILES string of the molecule is CC(=O)Nc1ccc(C(=O)Nc2ccc3[nH]c(=S)sc3c2)cc1. The smallest absolute Gasteiger partial charge is 0.255 e. The van der Waals surface area contributed by atoms with Crippen LogP contribution in [-0.2, 0) is 4.79 Å². The molecule has 5 nitrogen and oxygen atoms in total. The molecule has 1 aromatic heterocycles. The summed E-state index contributed by atoms with van der Waals surface area (Å²) in [5.41, 5.74) is 2.83. The molecule has 0 aliphatic carbocycles. The molecule has 3 N–H and O–H groups in total. The van der Waals surface area contributed by atoms with Crippen molar-refractivity contribution in [1.82, 2.24) is 4.98 Å². The number of carbonyl (C=O) groups is 2. The number of nitrogens with one attached hydrogen (secondary N) is 3. The Kier molecular flexibility index (Phi) is 4.22. The van der Waals surface area contributed by atoms with E-state index in [-0.39, 0.29) is 11.8 Å². The third-order valence-corrected chi connectivity index (χ3v) is 4.34. The van der Waals surface area contributed by atoms with Crippen molar-refractivity contribution < 1.29 is 9.59 Å². The molecule has 0 unspecified atom stereocenters. The van der Waals surface area contributed by atoms with Gasteiger partial charge < -0.3 is 15.6 Å². The van der Waals surface area contributed by atoms with Gasteiger partial charge in [0.25, 0.3) is 5.91 Å². The topological polar surface area (TPSA) is 74.0 Å². The van der Waals surface area contributed by atoms with Crippen molar-refractivity contribution in [2.75, 3.05) is 10.6 Å². The number of hydrogen-bond acceptors (Lipinski definition) is 4. The van der Waals surface area contributed by atoms with Crippen molar-refractivity contribution in [3.05, 3.63) is 52.0 Å². The van der Waals surface area contributed by atoms with Gasteiger partial charge in [-0.2, -0.15) is 0 Å². The lowest BCUT2D eigenvalue weighted by molar-refractivity contribution is -0.114. The molecule has 0 aliphatic rings. The van der Waals surface area contributed by atoms with Gasteiger partial charge in [-0.15, -0.1) is 11.3 Å². The molecule has 2 aromatic carbocycles. The first-order valence-electron chi connectivity index (χ1n) is 6.83. The lowest BCUT2D eigenvalue weighted by atomic mass is 10.2. The summed E-state index contributed by atoms with van der Waals surface area (Å²) in [6, 6.07) is 12.3. The standard InChI is InChI=1S/C16H13N3O2S2/c1-9(20)17-11-4-2-10(3-5-11)15(21)18-12-6-7-13-14(8-12)23-16(22)19-13/h2-8H,1H3,(H,17,20)(H,18,21)(H,19,22). The monoisotopic (exact) mass is 343 g/mol. The van der Waals surface area contributed by atoms with Gasteiger partial charge in [0.2, 0.25) is 5.91 Å². The Morgan fingerprint density at radius 3 is 2.43 bits per heavy atom. The fourth-order valence-corrected chi connectivity index (χ4v) is 3.29. The predicted molar refractivity (Wildman–Crippen MR) is 95.7 cm³/mol. The van der Waals surface area contributed by atoms with Crippen molar-refractivity contribution in [2.24, 2.45) is 0 Å². The number of anilines is 2. The van der Waals surface area contributed by atoms with Crippen molar-refractivity contribution in [1.29, 1.82) is 0 Å². The number of carbonyl (C=O) groups excluding carboxylic acids is 2. The van der Waals surface area contributed by atoms with Gasteiger partial charge in [-0.05, 0) is 54.7 Å². The molecular formula is C16H13N3O2S2. The number of aromatic amines is 1. The van der Waals surface area contributed by atoms with Crippen LogP contribution in [0.2, 0.25) is 0 Å². The number of benzene rings is 2. The molecule has 0 saturated heterocycles. The predicted octanol–water partition coefficient (Wildman–Crippen LogP) is 4.17. The summed E-state index contributed by atoms with van der Waals surface area (Å²) < 4.78 is 1.70. The first-order chi connectivity index (χ1) is 11.0. The minimum atomic E-state index is -0.210. The maximum atomic E-state index is 12.3. The third-order valence-electron chi connectivity index (χ3n) is 3.15. The second-order valence-corrected chi connectivity index (χ2v) is 6.66. The quantitative estimate of drug-likeness (QED) is 0.625. The van der Waals surface area contributed by atoms with Crippen LogP contribution in [0.3, 0.4) is 0 Å². The van der Waals surface area contributed by atoms with E-state index in [0.717, 1.165) is 10.2 Å². The number of hydrogen-bond donors (Lipinski definition) is 3. The summed E-state index contributed by atoms with van der Waals surface area (Å²) in [6.07, 6.45) is 0. The Labute approximate surface area is 141 Å². The molecule has 7 heteroatoms. The number of thiazole rings is 1. The molecule has 116 valence electrons. The fraction of sp³-hybridized carbons (Fsp3) is 0.0625. The first-order valence-corrected chi connectivity index (χ1v) is 8.05. The zero-order valence-electron chi connectivity index (χ0n) is 12.2. The van der Waals surface area contributed by atoms with Crippen LogP contribution in [0.15, 0.2) is 42.5 Å². The molecule has 0 spiro atoms. The Bertz CT molecular complexity index is 942. The molecule has 0 saturated carbocycles. The highest BCUT2D eigenvalue weighted by Gasteiger charge is 2.07. The van der Waals surface area contributed by atoms with Gasteiger partial charge in [0.1, 0.15) is 0 Å². The number of rotatable bonds is 3. The van der Waals surface area contributed by atoms with Gasteiger partial charge in [-0.3, -0.25) is 9.59 Å². The molecule has 0 fully saturated rings. The lowest BCUT2D eigenvalue weighted by Crippen LogP contribution is -2.12. The molecule has 1 heterocycles. The fourth-order valence-electron chi connectivity index (χ4n) is 2.13. The Morgan fingerprint density at radius 1 is 1.04 bits per heavy atom. The highest BCUT2D eigenvalue weighted by Crippen LogP contribution is 2.23. The number of fused-ring (bicyclic) bond motifs is 1. The molecule has 3 rings (SSSR count). The van der Waals surface area contributed by atoms with Crippen LogP contribution in [0, 0.1) is 3.95 Å². The molecule has 23 heavy (non-hydrogen) atoms. The van der Waals surface area contributed by atoms with Crippen LogP contribution >= 0.6 is 23.6 Å². The summed E-state index contributed by atoms with van der Waals surface area (Å²) >= 11 is 6.57. The highest BCUT2D eigenvalue weighted by atomic mass is 32.1. The Hall–Kier alpha value is -2.51. The van der Waals surface area contributed by atoms with Crippen LogP contribution in [0.25, 0.3) is 10.2 Å². The van der Waals surface area contributed by atoms with Gasteiger partial charge in [-0.1, -0.05) is 0 Å². The first kappa shape index (κ1) is 15.4. The summed E-state index contributed by atoms with van der Waals surface area (Å²) in [7, 11) is 0. The van der Waals surface area contributed by atoms with Gasteiger partial charge in [0, 0.05) is 23.9 Å². The Balaban J connectivity index is 1.76. The van der Waals surface area contributed by atoms with Crippen molar-refractivity contribution in [2.45, 2.75) is 6.92 Å². The zero-order valence-corrected chi connectivity index (χ0v) is 13.8. The van der Waals surface area contributed by atoms with Gasteiger partial charge in [0.15, 0.2) is 3.95 Å². The van der Waals surface area contributed by atoms with E-state index in [9.17, 15) is 9.59 Å². The van der Waals surface area contributed by atoms with Crippen molar-refractivity contribution in [3.8, 4) is 0 Å². The second kappa shape index (κ2) is 6.31. The van der Waals surface area contributed by atoms with E-state index in [2.05, 4.69) is 15.6 Å². The van der Waals surface area contributed by atoms with Gasteiger partial charge >= 0.3 is 0 Å². The average Bonchev–Trinajstić information content (AvgIpc) is 2.86. The summed E-state index contributed by atoms with van der Waals surface area (Å²) in [5, 5.41) is 5.51. The molecule has 0 bridgehead atoms. The van der Waals surface area contributed by atoms with E-state index in [0.29, 0.717) is 20.9 Å². The zero-order chi connectivity index (χ0) is 16.4. The van der Waals surface area contributed by atoms with E-state index in [1.807, 2.05) is 18.2 Å². The lowest BCUT2D eigenvalue weighted by Gasteiger charge is -2.07. The normalized spacial score (nSPS) is 10.5. The molecule has 2 amide bonds. The van der Waals surface area contributed by atoms with Gasteiger partial charge in [-0.25, -0.2) is 0 Å². The largest absolute Gasteiger partial charge is 0.337 e. The van der Waals surface area contributed by atoms with Crippen molar-refractivity contribution >= 4 is 57.0 Å². The minimum absolute atomic E-state index is 0.149. The van der Waals surface area contributed by atoms with E-state index in [1.165, 1.54) is 18.3 Å². The van der Waals surface area contributed by atoms with E-state index in [1.54, 1.807) is 24.3 Å². The molecular weight excluding hydrogens is 330 g/mol. The average molecular weight is 343 g/mol. The maximum absolute atomic E-state index is 12.3. The van der Waals surface area contributed by atoms with E-state index < -0.39 is 0 Å². The number of aromatic nitrogens is 1. The molecule has 3 aromatic rings. The van der Waals surface area contributed by atoms with E-state index in [4.69, 9.17) is 12.2 Å². The van der Waals surface area contributed by atoms with E-state index >= 15 is 0 Å². The number of H-pyrrole nitrogens is 1. The summed E-state index contributed by atoms with van der Waals surface area (Å²) in [4.78, 5) is 26.3. The van der Waals surface area contributed by atoms with Crippen LogP contribution in [0.1, 0.15) is 17.3 Å². The second-order valence-electron chi connectivity index (χ2n) is 4.94. The molecule has 0 aliphatic heterocycles. The van der Waals surface area contributed by atoms with Crippen molar-refractivity contribution in [3.63, 3.8) is 0 Å². The van der Waals surface area contributed by atoms with Crippen LogP contribution in [0.4, 0.5) is 11.4 Å². The Morgan fingerprint density at radius 2 is 1.74 bits per heavy atom. The highest BCUT2D eigenvalue weighted by molar-refractivity contribution is 7.73. The number of amides is 2. The molecule has 0 radical (unpaired) electrons. The summed E-state index contributed by atoms with van der Waals surface area (Å²) in [5.74, 6) is -0.359. The molecule has 0 atom stereocenters. The minimum Gasteiger partial charge on any atom is -0.337 e. The van der Waals surface area contributed by atoms with Crippen LogP contribution in [0.5, 0.6) is 0 Å². The third kappa shape index (κ3) is 3.64.